The molecule has 0 spiro atoms. The molecular formula is C21H23F4N5O3. The van der Waals surface area contributed by atoms with Gasteiger partial charge in [-0.05, 0) is 25.1 Å². The Kier molecular flexibility index (Phi) is 6.39. The largest absolute Gasteiger partial charge is 0.435 e. The summed E-state index contributed by atoms with van der Waals surface area (Å²) >= 11 is 0. The van der Waals surface area contributed by atoms with E-state index in [0.29, 0.717) is 19.6 Å². The number of nitrogens with one attached hydrogen (secondary N) is 2. The van der Waals surface area contributed by atoms with Gasteiger partial charge in [0.15, 0.2) is 6.10 Å². The summed E-state index contributed by atoms with van der Waals surface area (Å²) in [5.74, 6) is -3.19. The van der Waals surface area contributed by atoms with Crippen LogP contribution in [0.15, 0.2) is 24.4 Å². The summed E-state index contributed by atoms with van der Waals surface area (Å²) < 4.78 is 66.7. The molecule has 178 valence electrons. The number of aromatic nitrogens is 2. The van der Waals surface area contributed by atoms with E-state index in [2.05, 4.69) is 25.3 Å². The molecule has 2 aliphatic rings. The summed E-state index contributed by atoms with van der Waals surface area (Å²) in [7, 11) is 1.17. The highest BCUT2D eigenvalue weighted by Gasteiger charge is 2.38. The second kappa shape index (κ2) is 9.10. The van der Waals surface area contributed by atoms with Crippen molar-refractivity contribution >= 4 is 17.7 Å². The van der Waals surface area contributed by atoms with Crippen LogP contribution in [0.2, 0.25) is 0 Å². The number of hydrogen-bond donors (Lipinski definition) is 2. The lowest BCUT2D eigenvalue weighted by atomic mass is 9.97. The zero-order valence-electron chi connectivity index (χ0n) is 17.9. The standard InChI is InChI=1S/C21H23F4N5O3/c1-11-9-30(6-5-26-11)15-8-12(21(24,25)10-32-2)7-14(28-15)13-3-4-27-19-16(13)17(18(22)23)33-20(31)29-19/h3-4,7-8,11,17-18,26H,5-6,9-10H2,1-2H3,(H,27,29,31)/t11-,17+/m0/s1. The molecule has 2 aromatic rings. The number of nitrogens with zero attached hydrogens (tertiary/aromatic N) is 3. The Morgan fingerprint density at radius 1 is 1.36 bits per heavy atom. The molecule has 8 nitrogen and oxygen atoms in total. The highest BCUT2D eigenvalue weighted by atomic mass is 19.3. The minimum atomic E-state index is -3.35. The molecule has 2 aliphatic heterocycles. The summed E-state index contributed by atoms with van der Waals surface area (Å²) in [6, 6.07) is 3.92. The van der Waals surface area contributed by atoms with Crippen LogP contribution >= 0.6 is 0 Å². The van der Waals surface area contributed by atoms with Crippen molar-refractivity contribution in [3.63, 3.8) is 0 Å². The third kappa shape index (κ3) is 4.71. The third-order valence-corrected chi connectivity index (χ3v) is 5.49. The average Bonchev–Trinajstić information content (AvgIpc) is 2.77. The molecule has 0 bridgehead atoms. The lowest BCUT2D eigenvalue weighted by Crippen LogP contribution is -2.49. The van der Waals surface area contributed by atoms with Crippen LogP contribution < -0.4 is 15.5 Å². The molecule has 1 fully saturated rings. The van der Waals surface area contributed by atoms with Gasteiger partial charge in [0.2, 0.25) is 0 Å². The first-order valence-electron chi connectivity index (χ1n) is 10.3. The van der Waals surface area contributed by atoms with Gasteiger partial charge in [-0.1, -0.05) is 0 Å². The SMILES string of the molecule is COCC(F)(F)c1cc(-c2ccnc3c2[C@H](C(F)F)OC(=O)N3)nc(N2CCN[C@@H](C)C2)c1. The van der Waals surface area contributed by atoms with Crippen molar-refractivity contribution in [2.24, 2.45) is 0 Å². The van der Waals surface area contributed by atoms with Gasteiger partial charge in [-0.25, -0.2) is 23.5 Å². The van der Waals surface area contributed by atoms with Crippen LogP contribution in [0.5, 0.6) is 0 Å². The van der Waals surface area contributed by atoms with Crippen LogP contribution in [0.3, 0.4) is 0 Å². The minimum absolute atomic E-state index is 0.0357. The number of rotatable bonds is 6. The molecule has 0 saturated carbocycles. The van der Waals surface area contributed by atoms with Gasteiger partial charge in [0.1, 0.15) is 18.2 Å². The summed E-state index contributed by atoms with van der Waals surface area (Å²) in [5.41, 5.74) is -0.333. The normalized spacial score (nSPS) is 20.9. The van der Waals surface area contributed by atoms with Crippen molar-refractivity contribution in [3.8, 4) is 11.3 Å². The molecule has 1 amide bonds. The number of cyclic esters (lactones) is 1. The highest BCUT2D eigenvalue weighted by Crippen LogP contribution is 2.41. The van der Waals surface area contributed by atoms with Crippen LogP contribution in [0.25, 0.3) is 11.3 Å². The number of carbonyl (C=O) groups is 1. The Bertz CT molecular complexity index is 1040. The average molecular weight is 469 g/mol. The van der Waals surface area contributed by atoms with Crippen LogP contribution in [0.1, 0.15) is 24.2 Å². The van der Waals surface area contributed by atoms with Crippen molar-refractivity contribution in [1.82, 2.24) is 15.3 Å². The van der Waals surface area contributed by atoms with Gasteiger partial charge in [0.25, 0.3) is 12.3 Å². The molecule has 2 aromatic heterocycles. The van der Waals surface area contributed by atoms with Crippen LogP contribution in [-0.2, 0) is 15.4 Å². The molecule has 4 rings (SSSR count). The van der Waals surface area contributed by atoms with Gasteiger partial charge in [-0.3, -0.25) is 5.32 Å². The number of anilines is 2. The molecule has 12 heteroatoms. The Morgan fingerprint density at radius 3 is 2.85 bits per heavy atom. The second-order valence-electron chi connectivity index (χ2n) is 7.94. The third-order valence-electron chi connectivity index (χ3n) is 5.49. The molecular weight excluding hydrogens is 446 g/mol. The van der Waals surface area contributed by atoms with Crippen LogP contribution in [-0.4, -0.2) is 61.9 Å². The maximum Gasteiger partial charge on any atom is 0.413 e. The smallest absolute Gasteiger partial charge is 0.413 e. The van der Waals surface area contributed by atoms with E-state index in [0.717, 1.165) is 6.07 Å². The second-order valence-corrected chi connectivity index (χ2v) is 7.94. The molecule has 0 radical (unpaired) electrons. The Labute approximate surface area is 187 Å². The van der Waals surface area contributed by atoms with E-state index in [1.54, 1.807) is 0 Å². The van der Waals surface area contributed by atoms with E-state index in [9.17, 15) is 22.4 Å². The number of piperazine rings is 1. The molecule has 0 aromatic carbocycles. The fourth-order valence-electron chi connectivity index (χ4n) is 3.99. The zero-order chi connectivity index (χ0) is 23.8. The number of halogens is 4. The van der Waals surface area contributed by atoms with Crippen molar-refractivity contribution in [1.29, 1.82) is 0 Å². The summed E-state index contributed by atoms with van der Waals surface area (Å²) in [5, 5.41) is 5.55. The maximum atomic E-state index is 14.9. The monoisotopic (exact) mass is 469 g/mol. The van der Waals surface area contributed by atoms with Crippen LogP contribution in [0.4, 0.5) is 34.0 Å². The van der Waals surface area contributed by atoms with E-state index in [4.69, 9.17) is 4.74 Å². The lowest BCUT2D eigenvalue weighted by molar-refractivity contribution is -0.0697. The van der Waals surface area contributed by atoms with Gasteiger partial charge in [0.05, 0.1) is 11.3 Å². The first-order valence-corrected chi connectivity index (χ1v) is 10.3. The van der Waals surface area contributed by atoms with Crippen molar-refractivity contribution in [2.45, 2.75) is 31.4 Å². The lowest BCUT2D eigenvalue weighted by Gasteiger charge is -2.34. The number of hydrogen-bond acceptors (Lipinski definition) is 7. The number of pyridine rings is 2. The van der Waals surface area contributed by atoms with E-state index in [1.165, 1.54) is 25.4 Å². The van der Waals surface area contributed by atoms with Gasteiger partial charge in [0, 0.05) is 50.1 Å². The van der Waals surface area contributed by atoms with Gasteiger partial charge >= 0.3 is 6.09 Å². The Morgan fingerprint density at radius 2 is 2.15 bits per heavy atom. The highest BCUT2D eigenvalue weighted by molar-refractivity contribution is 5.89. The van der Waals surface area contributed by atoms with Crippen molar-refractivity contribution in [3.05, 3.63) is 35.5 Å². The molecule has 1 saturated heterocycles. The molecule has 0 aliphatic carbocycles. The zero-order valence-corrected chi connectivity index (χ0v) is 17.9. The molecule has 2 N–H and O–H groups in total. The van der Waals surface area contributed by atoms with E-state index in [-0.39, 0.29) is 40.1 Å². The van der Waals surface area contributed by atoms with Gasteiger partial charge in [-0.2, -0.15) is 8.78 Å². The van der Waals surface area contributed by atoms with Crippen molar-refractivity contribution < 1.29 is 31.8 Å². The van der Waals surface area contributed by atoms with Gasteiger partial charge in [-0.15, -0.1) is 0 Å². The number of carbonyl (C=O) groups excluding carboxylic acids is 1. The molecule has 0 unspecified atom stereocenters. The predicted octanol–water partition coefficient (Wildman–Crippen LogP) is 3.55. The molecule has 4 heterocycles. The number of methoxy groups -OCH3 is 1. The summed E-state index contributed by atoms with van der Waals surface area (Å²) in [6.45, 7) is 2.79. The first-order chi connectivity index (χ1) is 15.7. The summed E-state index contributed by atoms with van der Waals surface area (Å²) in [6.07, 6.45) is -4.74. The fraction of sp³-hybridized carbons (Fsp3) is 0.476. The predicted molar refractivity (Wildman–Crippen MR) is 112 cm³/mol. The van der Waals surface area contributed by atoms with E-state index < -0.39 is 31.2 Å². The number of ether oxygens (including phenoxy) is 2. The maximum absolute atomic E-state index is 14.9. The Balaban J connectivity index is 1.88. The minimum Gasteiger partial charge on any atom is -0.435 e. The summed E-state index contributed by atoms with van der Waals surface area (Å²) in [4.78, 5) is 22.0. The number of amides is 1. The van der Waals surface area contributed by atoms with Crippen molar-refractivity contribution in [2.75, 3.05) is 43.6 Å². The van der Waals surface area contributed by atoms with Crippen LogP contribution in [0, 0.1) is 0 Å². The Hall–Kier alpha value is -2.99. The van der Waals surface area contributed by atoms with E-state index in [1.807, 2.05) is 11.8 Å². The number of alkyl halides is 4. The first kappa shape index (κ1) is 23.2. The van der Waals surface area contributed by atoms with E-state index >= 15 is 0 Å². The molecule has 2 atom stereocenters. The fourth-order valence-corrected chi connectivity index (χ4v) is 3.99. The molecule has 33 heavy (non-hydrogen) atoms. The van der Waals surface area contributed by atoms with Gasteiger partial charge < -0.3 is 19.7 Å². The topological polar surface area (TPSA) is 88.6 Å². The quantitative estimate of drug-likeness (QED) is 0.626. The number of fused-ring (bicyclic) bond motifs is 1.